The molecule has 0 aliphatic heterocycles. The first-order valence-electron chi connectivity index (χ1n) is 11.7. The minimum atomic E-state index is -0.958. The Morgan fingerprint density at radius 2 is 1.68 bits per heavy atom. The van der Waals surface area contributed by atoms with Crippen molar-refractivity contribution >= 4 is 11.9 Å². The number of aliphatic carboxylic acids is 1. The van der Waals surface area contributed by atoms with E-state index in [2.05, 4.69) is 17.4 Å². The Labute approximate surface area is 185 Å². The van der Waals surface area contributed by atoms with Gasteiger partial charge in [0.05, 0.1) is 6.42 Å². The van der Waals surface area contributed by atoms with E-state index in [1.54, 1.807) is 0 Å². The molecular formula is C26H34N2O3. The van der Waals surface area contributed by atoms with Gasteiger partial charge in [-0.1, -0.05) is 62.1 Å². The number of nitrogens with one attached hydrogen (secondary N) is 1. The van der Waals surface area contributed by atoms with Crippen LogP contribution in [0, 0.1) is 0 Å². The van der Waals surface area contributed by atoms with Crippen LogP contribution in [0.25, 0.3) is 0 Å². The molecule has 31 heavy (non-hydrogen) atoms. The SMILES string of the molecule is O=C(Cc1ccccc1)N[C@@H](CCCCCCCc1ccc2c(n1)CCCC2)C(=O)O. The van der Waals surface area contributed by atoms with Gasteiger partial charge in [-0.3, -0.25) is 9.78 Å². The van der Waals surface area contributed by atoms with Crippen LogP contribution in [0.5, 0.6) is 0 Å². The summed E-state index contributed by atoms with van der Waals surface area (Å²) >= 11 is 0. The molecule has 0 unspecified atom stereocenters. The molecule has 0 saturated carbocycles. The molecular weight excluding hydrogens is 388 g/mol. The summed E-state index contributed by atoms with van der Waals surface area (Å²) in [5, 5.41) is 12.1. The second-order valence-corrected chi connectivity index (χ2v) is 8.54. The van der Waals surface area contributed by atoms with Gasteiger partial charge in [-0.05, 0) is 62.1 Å². The number of pyridine rings is 1. The number of rotatable bonds is 12. The fraction of sp³-hybridized carbons (Fsp3) is 0.500. The summed E-state index contributed by atoms with van der Waals surface area (Å²) in [6.45, 7) is 0. The molecule has 3 rings (SSSR count). The molecule has 5 nitrogen and oxygen atoms in total. The maximum absolute atomic E-state index is 12.1. The van der Waals surface area contributed by atoms with Gasteiger partial charge in [-0.15, -0.1) is 0 Å². The number of benzene rings is 1. The maximum Gasteiger partial charge on any atom is 0.326 e. The van der Waals surface area contributed by atoms with E-state index in [0.717, 1.165) is 50.5 Å². The maximum atomic E-state index is 12.1. The summed E-state index contributed by atoms with van der Waals surface area (Å²) in [5.41, 5.74) is 4.82. The van der Waals surface area contributed by atoms with Crippen molar-refractivity contribution in [1.82, 2.24) is 10.3 Å². The summed E-state index contributed by atoms with van der Waals surface area (Å²) in [5.74, 6) is -1.20. The Morgan fingerprint density at radius 1 is 0.935 bits per heavy atom. The van der Waals surface area contributed by atoms with Crippen LogP contribution in [0.3, 0.4) is 0 Å². The number of amides is 1. The fourth-order valence-corrected chi connectivity index (χ4v) is 4.24. The van der Waals surface area contributed by atoms with Gasteiger partial charge >= 0.3 is 5.97 Å². The number of aryl methyl sites for hydroxylation is 3. The summed E-state index contributed by atoms with van der Waals surface area (Å²) in [7, 11) is 0. The van der Waals surface area contributed by atoms with E-state index in [4.69, 9.17) is 4.98 Å². The van der Waals surface area contributed by atoms with Crippen LogP contribution in [0.2, 0.25) is 0 Å². The molecule has 1 aliphatic rings. The molecule has 0 radical (unpaired) electrons. The molecule has 1 atom stereocenters. The quantitative estimate of drug-likeness (QED) is 0.488. The zero-order valence-electron chi connectivity index (χ0n) is 18.3. The number of aromatic nitrogens is 1. The topological polar surface area (TPSA) is 79.3 Å². The predicted molar refractivity (Wildman–Crippen MR) is 122 cm³/mol. The smallest absolute Gasteiger partial charge is 0.326 e. The number of unbranched alkanes of at least 4 members (excludes halogenated alkanes) is 4. The minimum absolute atomic E-state index is 0.210. The third-order valence-corrected chi connectivity index (χ3v) is 6.00. The molecule has 1 amide bonds. The largest absolute Gasteiger partial charge is 0.480 e. The lowest BCUT2D eigenvalue weighted by atomic mass is 9.95. The van der Waals surface area contributed by atoms with E-state index < -0.39 is 12.0 Å². The molecule has 2 aromatic rings. The van der Waals surface area contributed by atoms with Gasteiger partial charge in [-0.25, -0.2) is 4.79 Å². The Hall–Kier alpha value is -2.69. The molecule has 0 saturated heterocycles. The Balaban J connectivity index is 1.29. The molecule has 166 valence electrons. The van der Waals surface area contributed by atoms with Gasteiger partial charge in [0.25, 0.3) is 0 Å². The van der Waals surface area contributed by atoms with E-state index in [1.807, 2.05) is 30.3 Å². The van der Waals surface area contributed by atoms with Crippen LogP contribution in [0.1, 0.15) is 73.9 Å². The third kappa shape index (κ3) is 7.82. The minimum Gasteiger partial charge on any atom is -0.480 e. The van der Waals surface area contributed by atoms with Crippen LogP contribution in [-0.4, -0.2) is 28.0 Å². The molecule has 5 heteroatoms. The normalized spacial score (nSPS) is 13.9. The third-order valence-electron chi connectivity index (χ3n) is 6.00. The highest BCUT2D eigenvalue weighted by Gasteiger charge is 2.19. The number of hydrogen-bond acceptors (Lipinski definition) is 3. The van der Waals surface area contributed by atoms with E-state index >= 15 is 0 Å². The monoisotopic (exact) mass is 422 g/mol. The number of carboxylic acids is 1. The molecule has 0 spiro atoms. The van der Waals surface area contributed by atoms with Crippen molar-refractivity contribution in [3.8, 4) is 0 Å². The summed E-state index contributed by atoms with van der Waals surface area (Å²) in [4.78, 5) is 28.5. The van der Waals surface area contributed by atoms with Gasteiger partial charge in [0, 0.05) is 11.4 Å². The van der Waals surface area contributed by atoms with E-state index in [0.29, 0.717) is 6.42 Å². The molecule has 1 aliphatic carbocycles. The molecule has 1 heterocycles. The highest BCUT2D eigenvalue weighted by Crippen LogP contribution is 2.20. The Kier molecular flexibility index (Phi) is 9.07. The van der Waals surface area contributed by atoms with Crippen LogP contribution >= 0.6 is 0 Å². The van der Waals surface area contributed by atoms with Crippen molar-refractivity contribution in [3.63, 3.8) is 0 Å². The van der Waals surface area contributed by atoms with Gasteiger partial charge in [0.2, 0.25) is 5.91 Å². The number of carbonyl (C=O) groups excluding carboxylic acids is 1. The van der Waals surface area contributed by atoms with Crippen LogP contribution in [-0.2, 0) is 35.3 Å². The van der Waals surface area contributed by atoms with Gasteiger partial charge in [0.15, 0.2) is 0 Å². The molecule has 0 bridgehead atoms. The van der Waals surface area contributed by atoms with Gasteiger partial charge in [-0.2, -0.15) is 0 Å². The summed E-state index contributed by atoms with van der Waals surface area (Å²) in [6, 6.07) is 13.0. The number of fused-ring (bicyclic) bond motifs is 1. The molecule has 1 aromatic heterocycles. The van der Waals surface area contributed by atoms with E-state index in [-0.39, 0.29) is 12.3 Å². The van der Waals surface area contributed by atoms with Crippen molar-refractivity contribution in [2.45, 2.75) is 83.1 Å². The van der Waals surface area contributed by atoms with E-state index in [1.165, 1.54) is 36.2 Å². The average molecular weight is 423 g/mol. The van der Waals surface area contributed by atoms with Gasteiger partial charge < -0.3 is 10.4 Å². The van der Waals surface area contributed by atoms with Crippen LogP contribution < -0.4 is 5.32 Å². The summed E-state index contributed by atoms with van der Waals surface area (Å²) in [6.07, 6.45) is 11.6. The molecule has 1 aromatic carbocycles. The number of nitrogens with zero attached hydrogens (tertiary/aromatic N) is 1. The van der Waals surface area contributed by atoms with Crippen molar-refractivity contribution in [3.05, 3.63) is 65.0 Å². The molecule has 2 N–H and O–H groups in total. The Bertz CT molecular complexity index is 851. The van der Waals surface area contributed by atoms with Crippen molar-refractivity contribution in [1.29, 1.82) is 0 Å². The first kappa shape index (κ1) is 23.0. The van der Waals surface area contributed by atoms with Crippen molar-refractivity contribution in [2.24, 2.45) is 0 Å². The fourth-order valence-electron chi connectivity index (χ4n) is 4.24. The lowest BCUT2D eigenvalue weighted by molar-refractivity contribution is -0.142. The Morgan fingerprint density at radius 3 is 2.48 bits per heavy atom. The lowest BCUT2D eigenvalue weighted by Gasteiger charge is -2.15. The highest BCUT2D eigenvalue weighted by atomic mass is 16.4. The van der Waals surface area contributed by atoms with Crippen molar-refractivity contribution in [2.75, 3.05) is 0 Å². The first-order valence-corrected chi connectivity index (χ1v) is 11.7. The summed E-state index contributed by atoms with van der Waals surface area (Å²) < 4.78 is 0. The number of carboxylic acid groups (broad SMARTS) is 1. The average Bonchev–Trinajstić information content (AvgIpc) is 2.78. The number of carbonyl (C=O) groups is 2. The first-order chi connectivity index (χ1) is 15.1. The second-order valence-electron chi connectivity index (χ2n) is 8.54. The van der Waals surface area contributed by atoms with Crippen LogP contribution in [0.15, 0.2) is 42.5 Å². The number of hydrogen-bond donors (Lipinski definition) is 2. The highest BCUT2D eigenvalue weighted by molar-refractivity contribution is 5.84. The predicted octanol–water partition coefficient (Wildman–Crippen LogP) is 4.66. The van der Waals surface area contributed by atoms with Crippen LogP contribution in [0.4, 0.5) is 0 Å². The zero-order chi connectivity index (χ0) is 21.9. The zero-order valence-corrected chi connectivity index (χ0v) is 18.3. The van der Waals surface area contributed by atoms with Crippen molar-refractivity contribution < 1.29 is 14.7 Å². The molecule has 0 fully saturated rings. The van der Waals surface area contributed by atoms with Gasteiger partial charge in [0.1, 0.15) is 6.04 Å². The standard InChI is InChI=1S/C26H34N2O3/c29-25(19-20-11-5-4-6-12-20)28-24(26(30)31)16-8-3-1-2-7-14-22-18-17-21-13-9-10-15-23(21)27-22/h4-6,11-12,17-18,24H,1-3,7-10,13-16,19H2,(H,28,29)(H,30,31)/t24-/m0/s1. The lowest BCUT2D eigenvalue weighted by Crippen LogP contribution is -2.41. The van der Waals surface area contributed by atoms with E-state index in [9.17, 15) is 14.7 Å². The second kappa shape index (κ2) is 12.2.